The van der Waals surface area contributed by atoms with E-state index in [2.05, 4.69) is 6.92 Å². The van der Waals surface area contributed by atoms with Crippen molar-refractivity contribution in [1.82, 2.24) is 0 Å². The summed E-state index contributed by atoms with van der Waals surface area (Å²) >= 11 is 12.2. The summed E-state index contributed by atoms with van der Waals surface area (Å²) in [5.74, 6) is 1.18. The summed E-state index contributed by atoms with van der Waals surface area (Å²) in [6.45, 7) is 2.25. The van der Waals surface area contributed by atoms with Crippen LogP contribution in [0, 0.1) is 11.8 Å². The van der Waals surface area contributed by atoms with Crippen molar-refractivity contribution >= 4 is 23.2 Å². The molecule has 0 saturated heterocycles. The van der Waals surface area contributed by atoms with E-state index in [4.69, 9.17) is 23.2 Å². The summed E-state index contributed by atoms with van der Waals surface area (Å²) in [6, 6.07) is 5.34. The van der Waals surface area contributed by atoms with Gasteiger partial charge in [0, 0.05) is 15.6 Å². The van der Waals surface area contributed by atoms with Gasteiger partial charge in [0.05, 0.1) is 6.10 Å². The number of aliphatic hydroxyl groups excluding tert-OH is 1. The maximum Gasteiger partial charge on any atom is 0.0833 e. The molecule has 0 amide bonds. The first-order valence-corrected chi connectivity index (χ1v) is 8.50. The van der Waals surface area contributed by atoms with Crippen molar-refractivity contribution in [3.8, 4) is 0 Å². The van der Waals surface area contributed by atoms with Crippen molar-refractivity contribution in [2.45, 2.75) is 58.0 Å². The molecule has 0 bridgehead atoms. The van der Waals surface area contributed by atoms with Gasteiger partial charge < -0.3 is 5.11 Å². The average Bonchev–Trinajstić information content (AvgIpc) is 2.47. The zero-order valence-corrected chi connectivity index (χ0v) is 13.6. The average molecular weight is 315 g/mol. The Kier molecular flexibility index (Phi) is 6.20. The maximum absolute atomic E-state index is 10.6. The topological polar surface area (TPSA) is 20.2 Å². The van der Waals surface area contributed by atoms with Gasteiger partial charge in [-0.2, -0.15) is 0 Å². The lowest BCUT2D eigenvalue weighted by atomic mass is 9.76. The first-order valence-electron chi connectivity index (χ1n) is 7.74. The van der Waals surface area contributed by atoms with Crippen molar-refractivity contribution in [2.75, 3.05) is 0 Å². The van der Waals surface area contributed by atoms with Crippen LogP contribution in [0.5, 0.6) is 0 Å². The van der Waals surface area contributed by atoms with E-state index >= 15 is 0 Å². The van der Waals surface area contributed by atoms with Crippen LogP contribution in [0.1, 0.15) is 63.5 Å². The number of benzene rings is 1. The lowest BCUT2D eigenvalue weighted by molar-refractivity contribution is 0.0721. The molecule has 1 saturated carbocycles. The Hall–Kier alpha value is -0.240. The molecular formula is C17H24Cl2O. The second-order valence-electron chi connectivity index (χ2n) is 6.03. The Balaban J connectivity index is 1.94. The lowest BCUT2D eigenvalue weighted by Crippen LogP contribution is -2.20. The highest BCUT2D eigenvalue weighted by Crippen LogP contribution is 2.40. The standard InChI is InChI=1S/C17H24Cl2O/c1-2-3-4-12-5-7-13(8-6-12)17(20)15-11-14(18)9-10-16(15)19/h9-13,17,20H,2-8H2,1H3. The Bertz CT molecular complexity index is 425. The Morgan fingerprint density at radius 1 is 1.20 bits per heavy atom. The van der Waals surface area contributed by atoms with Gasteiger partial charge in [0.1, 0.15) is 0 Å². The molecule has 20 heavy (non-hydrogen) atoms. The molecule has 1 nitrogen and oxygen atoms in total. The molecule has 1 fully saturated rings. The number of hydrogen-bond acceptors (Lipinski definition) is 1. The zero-order chi connectivity index (χ0) is 14.5. The van der Waals surface area contributed by atoms with Gasteiger partial charge in [-0.25, -0.2) is 0 Å². The third-order valence-electron chi connectivity index (χ3n) is 4.58. The second kappa shape index (κ2) is 7.68. The van der Waals surface area contributed by atoms with E-state index in [0.717, 1.165) is 24.3 Å². The van der Waals surface area contributed by atoms with E-state index < -0.39 is 6.10 Å². The maximum atomic E-state index is 10.6. The summed E-state index contributed by atoms with van der Waals surface area (Å²) in [4.78, 5) is 0. The van der Waals surface area contributed by atoms with Crippen molar-refractivity contribution < 1.29 is 5.11 Å². The van der Waals surface area contributed by atoms with Crippen molar-refractivity contribution in [2.24, 2.45) is 11.8 Å². The lowest BCUT2D eigenvalue weighted by Gasteiger charge is -2.32. The highest BCUT2D eigenvalue weighted by molar-refractivity contribution is 6.33. The Morgan fingerprint density at radius 2 is 1.90 bits per heavy atom. The molecule has 0 radical (unpaired) electrons. The number of aliphatic hydroxyl groups is 1. The first-order chi connectivity index (χ1) is 9.61. The van der Waals surface area contributed by atoms with E-state index in [0.29, 0.717) is 16.0 Å². The van der Waals surface area contributed by atoms with Crippen LogP contribution in [-0.4, -0.2) is 5.11 Å². The molecule has 1 aromatic carbocycles. The van der Waals surface area contributed by atoms with Crippen LogP contribution in [0.2, 0.25) is 10.0 Å². The molecule has 1 N–H and O–H groups in total. The molecule has 1 unspecified atom stereocenters. The molecule has 1 atom stereocenters. The normalized spacial score (nSPS) is 24.6. The fraction of sp³-hybridized carbons (Fsp3) is 0.647. The summed E-state index contributed by atoms with van der Waals surface area (Å²) < 4.78 is 0. The van der Waals surface area contributed by atoms with Crippen molar-refractivity contribution in [3.63, 3.8) is 0 Å². The van der Waals surface area contributed by atoms with Crippen LogP contribution in [0.25, 0.3) is 0 Å². The molecule has 1 aliphatic carbocycles. The third-order valence-corrected chi connectivity index (χ3v) is 5.16. The number of rotatable bonds is 5. The van der Waals surface area contributed by atoms with E-state index in [1.165, 1.54) is 32.1 Å². The van der Waals surface area contributed by atoms with Crippen LogP contribution in [0.4, 0.5) is 0 Å². The third kappa shape index (κ3) is 4.13. The monoisotopic (exact) mass is 314 g/mol. The number of halogens is 2. The van der Waals surface area contributed by atoms with Gasteiger partial charge >= 0.3 is 0 Å². The zero-order valence-electron chi connectivity index (χ0n) is 12.1. The molecule has 1 aromatic rings. The molecule has 0 heterocycles. The summed E-state index contributed by atoms with van der Waals surface area (Å²) in [6.07, 6.45) is 8.14. The van der Waals surface area contributed by atoms with Crippen molar-refractivity contribution in [3.05, 3.63) is 33.8 Å². The summed E-state index contributed by atoms with van der Waals surface area (Å²) in [5, 5.41) is 11.8. The van der Waals surface area contributed by atoms with Gasteiger partial charge in [-0.05, 0) is 42.9 Å². The Morgan fingerprint density at radius 3 is 2.55 bits per heavy atom. The minimum atomic E-state index is -0.478. The summed E-state index contributed by atoms with van der Waals surface area (Å²) in [7, 11) is 0. The fourth-order valence-corrected chi connectivity index (χ4v) is 3.69. The molecule has 0 spiro atoms. The van der Waals surface area contributed by atoms with Gasteiger partial charge in [0.2, 0.25) is 0 Å². The molecule has 1 aliphatic rings. The summed E-state index contributed by atoms with van der Waals surface area (Å²) in [5.41, 5.74) is 0.788. The van der Waals surface area contributed by atoms with Crippen LogP contribution in [0.3, 0.4) is 0 Å². The van der Waals surface area contributed by atoms with Gasteiger partial charge in [0.15, 0.2) is 0 Å². The number of unbranched alkanes of at least 4 members (excludes halogenated alkanes) is 1. The Labute approximate surface area is 132 Å². The minimum Gasteiger partial charge on any atom is -0.388 e. The van der Waals surface area contributed by atoms with Crippen molar-refractivity contribution in [1.29, 1.82) is 0 Å². The highest BCUT2D eigenvalue weighted by atomic mass is 35.5. The smallest absolute Gasteiger partial charge is 0.0833 e. The van der Waals surface area contributed by atoms with Gasteiger partial charge in [-0.15, -0.1) is 0 Å². The molecule has 3 heteroatoms. The molecule has 2 rings (SSSR count). The molecule has 0 aromatic heterocycles. The second-order valence-corrected chi connectivity index (χ2v) is 6.88. The van der Waals surface area contributed by atoms with E-state index in [-0.39, 0.29) is 0 Å². The molecule has 0 aliphatic heterocycles. The molecular weight excluding hydrogens is 291 g/mol. The predicted molar refractivity (Wildman–Crippen MR) is 86.4 cm³/mol. The van der Waals surface area contributed by atoms with E-state index in [1.54, 1.807) is 18.2 Å². The highest BCUT2D eigenvalue weighted by Gasteiger charge is 2.28. The first kappa shape index (κ1) is 16.1. The fourth-order valence-electron chi connectivity index (χ4n) is 3.28. The van der Waals surface area contributed by atoms with Crippen LogP contribution < -0.4 is 0 Å². The van der Waals surface area contributed by atoms with Gasteiger partial charge in [0.25, 0.3) is 0 Å². The van der Waals surface area contributed by atoms with Crippen LogP contribution in [-0.2, 0) is 0 Å². The van der Waals surface area contributed by atoms with E-state index in [1.807, 2.05) is 0 Å². The van der Waals surface area contributed by atoms with Gasteiger partial charge in [-0.3, -0.25) is 0 Å². The SMILES string of the molecule is CCCCC1CCC(C(O)c2cc(Cl)ccc2Cl)CC1. The van der Waals surface area contributed by atoms with Gasteiger partial charge in [-0.1, -0.05) is 62.2 Å². The van der Waals surface area contributed by atoms with Crippen LogP contribution >= 0.6 is 23.2 Å². The minimum absolute atomic E-state index is 0.323. The number of hydrogen-bond donors (Lipinski definition) is 1. The van der Waals surface area contributed by atoms with Crippen LogP contribution in [0.15, 0.2) is 18.2 Å². The largest absolute Gasteiger partial charge is 0.388 e. The quantitative estimate of drug-likeness (QED) is 0.704. The van der Waals surface area contributed by atoms with E-state index in [9.17, 15) is 5.11 Å². The predicted octanol–water partition coefficient (Wildman–Crippen LogP) is 6.02. The molecule has 112 valence electrons.